The fourth-order valence-electron chi connectivity index (χ4n) is 1.63. The molecule has 1 aliphatic rings. The topological polar surface area (TPSA) is 62.9 Å². The average molecular weight is 246 g/mol. The Morgan fingerprint density at radius 3 is 3.12 bits per heavy atom. The maximum atomic E-state index is 12.0. The molecule has 0 spiro atoms. The van der Waals surface area contributed by atoms with Crippen molar-refractivity contribution < 1.29 is 19.1 Å². The molecule has 1 aromatic heterocycles. The molecule has 1 unspecified atom stereocenters. The second-order valence-electron chi connectivity index (χ2n) is 3.53. The summed E-state index contributed by atoms with van der Waals surface area (Å²) in [6, 6.07) is 1.54. The zero-order valence-corrected chi connectivity index (χ0v) is 9.31. The van der Waals surface area contributed by atoms with Gasteiger partial charge in [0.05, 0.1) is 31.1 Å². The number of rotatable bonds is 2. The molecule has 1 N–H and O–H groups in total. The van der Waals surface area contributed by atoms with E-state index in [0.717, 1.165) is 0 Å². The number of morpholine rings is 1. The van der Waals surface area contributed by atoms with Crippen LogP contribution in [0.3, 0.4) is 0 Å². The van der Waals surface area contributed by atoms with Crippen LogP contribution in [-0.4, -0.2) is 48.3 Å². The molecule has 1 aromatic rings. The lowest BCUT2D eigenvalue weighted by Crippen LogP contribution is -2.46. The molecular formula is C10H12ClNO4. The van der Waals surface area contributed by atoms with Crippen molar-refractivity contribution in [3.8, 4) is 0 Å². The first-order valence-corrected chi connectivity index (χ1v) is 5.35. The molecule has 0 radical (unpaired) electrons. The molecule has 2 heterocycles. The van der Waals surface area contributed by atoms with Gasteiger partial charge in [0.15, 0.2) is 0 Å². The summed E-state index contributed by atoms with van der Waals surface area (Å²) in [5, 5.41) is 9.06. The lowest BCUT2D eigenvalue weighted by Gasteiger charge is -2.31. The molecule has 88 valence electrons. The van der Waals surface area contributed by atoms with Crippen molar-refractivity contribution in [3.05, 3.63) is 23.1 Å². The van der Waals surface area contributed by atoms with Crippen LogP contribution in [0.1, 0.15) is 10.4 Å². The van der Waals surface area contributed by atoms with E-state index in [0.29, 0.717) is 25.3 Å². The third-order valence-corrected chi connectivity index (χ3v) is 2.77. The Morgan fingerprint density at radius 2 is 2.50 bits per heavy atom. The van der Waals surface area contributed by atoms with Crippen LogP contribution in [0.4, 0.5) is 0 Å². The van der Waals surface area contributed by atoms with Gasteiger partial charge in [0.25, 0.3) is 5.91 Å². The molecule has 1 atom stereocenters. The maximum absolute atomic E-state index is 12.0. The fraction of sp³-hybridized carbons (Fsp3) is 0.500. The van der Waals surface area contributed by atoms with Crippen LogP contribution in [0.25, 0.3) is 0 Å². The second kappa shape index (κ2) is 4.86. The van der Waals surface area contributed by atoms with Gasteiger partial charge in [0.1, 0.15) is 0 Å². The predicted octanol–water partition coefficient (Wildman–Crippen LogP) is 0.766. The van der Waals surface area contributed by atoms with E-state index in [1.165, 1.54) is 12.3 Å². The summed E-state index contributed by atoms with van der Waals surface area (Å²) in [6.07, 6.45) is 1.06. The van der Waals surface area contributed by atoms with Gasteiger partial charge in [-0.3, -0.25) is 4.79 Å². The number of ether oxygens (including phenoxy) is 1. The molecule has 1 fully saturated rings. The molecular weight excluding hydrogens is 234 g/mol. The van der Waals surface area contributed by atoms with Gasteiger partial charge in [-0.05, 0) is 17.7 Å². The third-order valence-electron chi connectivity index (χ3n) is 2.48. The van der Waals surface area contributed by atoms with E-state index in [-0.39, 0.29) is 23.8 Å². The van der Waals surface area contributed by atoms with Crippen LogP contribution in [-0.2, 0) is 4.74 Å². The fourth-order valence-corrected chi connectivity index (χ4v) is 1.83. The van der Waals surface area contributed by atoms with E-state index in [1.807, 2.05) is 0 Å². The Balaban J connectivity index is 2.07. The maximum Gasteiger partial charge on any atom is 0.258 e. The summed E-state index contributed by atoms with van der Waals surface area (Å²) in [4.78, 5) is 13.6. The summed E-state index contributed by atoms with van der Waals surface area (Å²) in [5.41, 5.74) is 0.347. The minimum absolute atomic E-state index is 0.0943. The Morgan fingerprint density at radius 1 is 1.69 bits per heavy atom. The molecule has 1 saturated heterocycles. The van der Waals surface area contributed by atoms with E-state index >= 15 is 0 Å². The van der Waals surface area contributed by atoms with Gasteiger partial charge in [-0.25, -0.2) is 0 Å². The van der Waals surface area contributed by atoms with Gasteiger partial charge in [-0.2, -0.15) is 0 Å². The average Bonchev–Trinajstić information content (AvgIpc) is 2.74. The summed E-state index contributed by atoms with van der Waals surface area (Å²) < 4.78 is 10.1. The number of halogens is 1. The monoisotopic (exact) mass is 245 g/mol. The van der Waals surface area contributed by atoms with Crippen LogP contribution in [0, 0.1) is 0 Å². The first-order chi connectivity index (χ1) is 7.72. The SMILES string of the molecule is O=C(c1ccoc1Cl)N1CCOC(CO)C1. The van der Waals surface area contributed by atoms with E-state index in [1.54, 1.807) is 4.90 Å². The van der Waals surface area contributed by atoms with E-state index < -0.39 is 0 Å². The van der Waals surface area contributed by atoms with Crippen molar-refractivity contribution in [2.75, 3.05) is 26.3 Å². The van der Waals surface area contributed by atoms with Gasteiger partial charge in [0, 0.05) is 13.1 Å². The molecule has 16 heavy (non-hydrogen) atoms. The zero-order chi connectivity index (χ0) is 11.5. The third kappa shape index (κ3) is 2.21. The van der Waals surface area contributed by atoms with Crippen molar-refractivity contribution in [1.29, 1.82) is 0 Å². The molecule has 0 aromatic carbocycles. The Hall–Kier alpha value is -1.04. The molecule has 6 heteroatoms. The van der Waals surface area contributed by atoms with Crippen molar-refractivity contribution in [2.24, 2.45) is 0 Å². The van der Waals surface area contributed by atoms with Crippen molar-refractivity contribution in [1.82, 2.24) is 4.90 Å². The highest BCUT2D eigenvalue weighted by Gasteiger charge is 2.26. The van der Waals surface area contributed by atoms with Gasteiger partial charge in [0.2, 0.25) is 5.22 Å². The highest BCUT2D eigenvalue weighted by molar-refractivity contribution is 6.32. The molecule has 0 bridgehead atoms. The summed E-state index contributed by atoms with van der Waals surface area (Å²) in [5.74, 6) is -0.194. The smallest absolute Gasteiger partial charge is 0.258 e. The number of nitrogens with zero attached hydrogens (tertiary/aromatic N) is 1. The van der Waals surface area contributed by atoms with Crippen LogP contribution in [0.5, 0.6) is 0 Å². The zero-order valence-electron chi connectivity index (χ0n) is 8.56. The summed E-state index contributed by atoms with van der Waals surface area (Å²) >= 11 is 5.73. The van der Waals surface area contributed by atoms with Gasteiger partial charge >= 0.3 is 0 Å². The summed E-state index contributed by atoms with van der Waals surface area (Å²) in [6.45, 7) is 1.20. The predicted molar refractivity (Wildman–Crippen MR) is 56.4 cm³/mol. The molecule has 5 nitrogen and oxygen atoms in total. The molecule has 0 aliphatic carbocycles. The van der Waals surface area contributed by atoms with Gasteiger partial charge in [-0.1, -0.05) is 0 Å². The van der Waals surface area contributed by atoms with Crippen molar-refractivity contribution in [2.45, 2.75) is 6.10 Å². The van der Waals surface area contributed by atoms with Gasteiger partial charge in [-0.15, -0.1) is 0 Å². The molecule has 1 aliphatic heterocycles. The lowest BCUT2D eigenvalue weighted by molar-refractivity contribution is -0.0447. The standard InChI is InChI=1S/C10H12ClNO4/c11-9-8(1-3-16-9)10(14)12-2-4-15-7(5-12)6-13/h1,3,7,13H,2,4-6H2. The van der Waals surface area contributed by atoms with Crippen LogP contribution in [0.2, 0.25) is 5.22 Å². The number of hydrogen-bond donors (Lipinski definition) is 1. The Bertz CT molecular complexity index is 379. The minimum Gasteiger partial charge on any atom is -0.452 e. The molecule has 0 saturated carbocycles. The first-order valence-electron chi connectivity index (χ1n) is 4.97. The number of aliphatic hydroxyl groups excluding tert-OH is 1. The van der Waals surface area contributed by atoms with E-state index in [4.69, 9.17) is 25.9 Å². The van der Waals surface area contributed by atoms with E-state index in [9.17, 15) is 4.79 Å². The van der Waals surface area contributed by atoms with Crippen LogP contribution in [0.15, 0.2) is 16.7 Å². The first kappa shape index (κ1) is 11.4. The quantitative estimate of drug-likeness (QED) is 0.836. The highest BCUT2D eigenvalue weighted by atomic mass is 35.5. The van der Waals surface area contributed by atoms with Crippen molar-refractivity contribution in [3.63, 3.8) is 0 Å². The Labute approximate surface area is 97.5 Å². The number of carbonyl (C=O) groups is 1. The van der Waals surface area contributed by atoms with E-state index in [2.05, 4.69) is 0 Å². The molecule has 2 rings (SSSR count). The lowest BCUT2D eigenvalue weighted by atomic mass is 10.2. The van der Waals surface area contributed by atoms with Crippen molar-refractivity contribution >= 4 is 17.5 Å². The van der Waals surface area contributed by atoms with Gasteiger partial charge < -0.3 is 19.2 Å². The number of furan rings is 1. The number of amides is 1. The number of hydrogen-bond acceptors (Lipinski definition) is 4. The molecule has 1 amide bonds. The highest BCUT2D eigenvalue weighted by Crippen LogP contribution is 2.19. The Kier molecular flexibility index (Phi) is 3.48. The summed E-state index contributed by atoms with van der Waals surface area (Å²) in [7, 11) is 0. The largest absolute Gasteiger partial charge is 0.452 e. The van der Waals surface area contributed by atoms with Crippen LogP contribution < -0.4 is 0 Å². The number of aliphatic hydroxyl groups is 1. The second-order valence-corrected chi connectivity index (χ2v) is 3.88. The van der Waals surface area contributed by atoms with Crippen LogP contribution >= 0.6 is 11.6 Å². The minimum atomic E-state index is -0.316. The number of carbonyl (C=O) groups excluding carboxylic acids is 1. The normalized spacial score (nSPS) is 21.1.